The van der Waals surface area contributed by atoms with Gasteiger partial charge in [0.05, 0.1) is 11.6 Å². The molecular formula is C14H16BrN3. The third kappa shape index (κ3) is 2.41. The fourth-order valence-corrected chi connectivity index (χ4v) is 2.65. The van der Waals surface area contributed by atoms with E-state index >= 15 is 0 Å². The van der Waals surface area contributed by atoms with Crippen molar-refractivity contribution in [3.05, 3.63) is 34.3 Å². The zero-order valence-electron chi connectivity index (χ0n) is 10.8. The molecule has 0 aromatic heterocycles. The van der Waals surface area contributed by atoms with Crippen LogP contribution in [0, 0.1) is 11.3 Å². The van der Waals surface area contributed by atoms with E-state index in [1.165, 1.54) is 0 Å². The summed E-state index contributed by atoms with van der Waals surface area (Å²) in [6.45, 7) is 6.25. The maximum Gasteiger partial charge on any atom is 0.159 e. The largest absolute Gasteiger partial charge is 0.269 e. The van der Waals surface area contributed by atoms with E-state index in [0.717, 1.165) is 22.2 Å². The van der Waals surface area contributed by atoms with E-state index in [4.69, 9.17) is 0 Å². The first-order valence-corrected chi connectivity index (χ1v) is 6.72. The summed E-state index contributed by atoms with van der Waals surface area (Å²) in [4.78, 5) is 0. The monoisotopic (exact) mass is 305 g/mol. The molecule has 0 aliphatic carbocycles. The van der Waals surface area contributed by atoms with E-state index in [1.807, 2.05) is 36.2 Å². The van der Waals surface area contributed by atoms with E-state index in [-0.39, 0.29) is 11.6 Å². The Hall–Kier alpha value is -1.34. The van der Waals surface area contributed by atoms with Gasteiger partial charge in [-0.05, 0) is 38.5 Å². The summed E-state index contributed by atoms with van der Waals surface area (Å²) in [5.74, 6) is 0. The fourth-order valence-electron chi connectivity index (χ4n) is 2.38. The smallest absolute Gasteiger partial charge is 0.159 e. The number of nitrogens with zero attached hydrogens (tertiary/aromatic N) is 3. The van der Waals surface area contributed by atoms with Crippen LogP contribution in [0.5, 0.6) is 0 Å². The average molecular weight is 306 g/mol. The van der Waals surface area contributed by atoms with Gasteiger partial charge in [0.2, 0.25) is 0 Å². The van der Waals surface area contributed by atoms with Gasteiger partial charge in [-0.25, -0.2) is 0 Å². The van der Waals surface area contributed by atoms with E-state index in [1.54, 1.807) is 0 Å². The number of hydrogen-bond donors (Lipinski definition) is 0. The SMILES string of the molecule is CC1=NN(C(C#N)c2ccc(Br)cc2)C(C)(C)C1. The Kier molecular flexibility index (Phi) is 3.45. The van der Waals surface area contributed by atoms with Gasteiger partial charge >= 0.3 is 0 Å². The lowest BCUT2D eigenvalue weighted by Crippen LogP contribution is -2.38. The van der Waals surface area contributed by atoms with Gasteiger partial charge in [0.25, 0.3) is 0 Å². The van der Waals surface area contributed by atoms with Gasteiger partial charge in [0, 0.05) is 16.6 Å². The molecule has 0 spiro atoms. The van der Waals surface area contributed by atoms with Crippen LogP contribution < -0.4 is 0 Å². The lowest BCUT2D eigenvalue weighted by molar-refractivity contribution is 0.123. The minimum absolute atomic E-state index is 0.0996. The molecule has 0 fully saturated rings. The zero-order valence-corrected chi connectivity index (χ0v) is 12.4. The summed E-state index contributed by atoms with van der Waals surface area (Å²) in [5, 5.41) is 15.9. The van der Waals surface area contributed by atoms with Crippen molar-refractivity contribution in [2.45, 2.75) is 38.8 Å². The van der Waals surface area contributed by atoms with Gasteiger partial charge in [-0.15, -0.1) is 0 Å². The van der Waals surface area contributed by atoms with Crippen LogP contribution in [0.3, 0.4) is 0 Å². The van der Waals surface area contributed by atoms with Crippen LogP contribution in [0.25, 0.3) is 0 Å². The van der Waals surface area contributed by atoms with Gasteiger partial charge in [-0.1, -0.05) is 28.1 Å². The molecule has 4 heteroatoms. The zero-order chi connectivity index (χ0) is 13.3. The maximum atomic E-state index is 9.46. The standard InChI is InChI=1S/C14H16BrN3/c1-10-8-14(2,3)18(17-10)13(9-16)11-4-6-12(15)7-5-11/h4-7,13H,8H2,1-3H3. The minimum Gasteiger partial charge on any atom is -0.269 e. The molecule has 0 radical (unpaired) electrons. The van der Waals surface area contributed by atoms with Crippen LogP contribution in [0.4, 0.5) is 0 Å². The van der Waals surface area contributed by atoms with E-state index in [9.17, 15) is 5.26 Å². The summed E-state index contributed by atoms with van der Waals surface area (Å²) in [6.07, 6.45) is 0.904. The lowest BCUT2D eigenvalue weighted by Gasteiger charge is -2.34. The molecule has 0 bridgehead atoms. The third-order valence-electron chi connectivity index (χ3n) is 3.14. The molecule has 1 aliphatic rings. The summed E-state index contributed by atoms with van der Waals surface area (Å²) in [7, 11) is 0. The highest BCUT2D eigenvalue weighted by Crippen LogP contribution is 2.35. The number of halogens is 1. The topological polar surface area (TPSA) is 39.4 Å². The molecule has 0 saturated carbocycles. The maximum absolute atomic E-state index is 9.46. The van der Waals surface area contributed by atoms with E-state index in [0.29, 0.717) is 0 Å². The second-order valence-corrected chi connectivity index (χ2v) is 6.17. The summed E-state index contributed by atoms with van der Waals surface area (Å²) in [5.41, 5.74) is 1.96. The first-order valence-electron chi connectivity index (χ1n) is 5.92. The predicted molar refractivity (Wildman–Crippen MR) is 76.1 cm³/mol. The molecule has 1 atom stereocenters. The molecule has 0 amide bonds. The molecule has 94 valence electrons. The van der Waals surface area contributed by atoms with E-state index in [2.05, 4.69) is 40.9 Å². The van der Waals surface area contributed by atoms with Gasteiger partial charge < -0.3 is 0 Å². The van der Waals surface area contributed by atoms with Gasteiger partial charge in [-0.2, -0.15) is 10.4 Å². The van der Waals surface area contributed by atoms with Gasteiger partial charge in [-0.3, -0.25) is 5.01 Å². The Balaban J connectivity index is 2.35. The van der Waals surface area contributed by atoms with Crippen molar-refractivity contribution in [2.75, 3.05) is 0 Å². The van der Waals surface area contributed by atoms with Crippen molar-refractivity contribution in [3.8, 4) is 6.07 Å². The first-order chi connectivity index (χ1) is 8.44. The van der Waals surface area contributed by atoms with Gasteiger partial charge in [0.15, 0.2) is 6.04 Å². The molecule has 0 N–H and O–H groups in total. The summed E-state index contributed by atoms with van der Waals surface area (Å²) < 4.78 is 1.02. The van der Waals surface area contributed by atoms with Crippen molar-refractivity contribution >= 4 is 21.6 Å². The number of nitriles is 1. The molecule has 1 aromatic carbocycles. The lowest BCUT2D eigenvalue weighted by atomic mass is 9.96. The molecule has 1 heterocycles. The molecule has 18 heavy (non-hydrogen) atoms. The highest BCUT2D eigenvalue weighted by molar-refractivity contribution is 9.10. The molecule has 1 aliphatic heterocycles. The molecule has 3 nitrogen and oxygen atoms in total. The predicted octanol–water partition coefficient (Wildman–Crippen LogP) is 3.87. The van der Waals surface area contributed by atoms with Crippen LogP contribution in [-0.2, 0) is 0 Å². The van der Waals surface area contributed by atoms with Crippen molar-refractivity contribution in [3.63, 3.8) is 0 Å². The van der Waals surface area contributed by atoms with E-state index < -0.39 is 0 Å². The number of hydrazone groups is 1. The van der Waals surface area contributed by atoms with Crippen molar-refractivity contribution in [1.82, 2.24) is 5.01 Å². The molecule has 0 saturated heterocycles. The normalized spacial score (nSPS) is 19.3. The number of benzene rings is 1. The van der Waals surface area contributed by atoms with Crippen molar-refractivity contribution in [2.24, 2.45) is 5.10 Å². The highest BCUT2D eigenvalue weighted by Gasteiger charge is 2.37. The van der Waals surface area contributed by atoms with Crippen LogP contribution in [0.2, 0.25) is 0 Å². The van der Waals surface area contributed by atoms with Gasteiger partial charge in [0.1, 0.15) is 0 Å². The Labute approximate surface area is 116 Å². The Bertz CT molecular complexity index is 511. The first kappa shape index (κ1) is 13.1. The molecular weight excluding hydrogens is 290 g/mol. The van der Waals surface area contributed by atoms with Crippen LogP contribution in [-0.4, -0.2) is 16.3 Å². The Morgan fingerprint density at radius 3 is 2.44 bits per heavy atom. The highest BCUT2D eigenvalue weighted by atomic mass is 79.9. The minimum atomic E-state index is -0.328. The molecule has 1 unspecified atom stereocenters. The number of hydrogen-bond acceptors (Lipinski definition) is 3. The molecule has 2 rings (SSSR count). The quantitative estimate of drug-likeness (QED) is 0.832. The average Bonchev–Trinajstić information content (AvgIpc) is 2.56. The van der Waals surface area contributed by atoms with Crippen molar-refractivity contribution < 1.29 is 0 Å². The van der Waals surface area contributed by atoms with Crippen LogP contribution in [0.15, 0.2) is 33.8 Å². The second-order valence-electron chi connectivity index (χ2n) is 5.25. The molecule has 1 aromatic rings. The second kappa shape index (κ2) is 4.74. The number of rotatable bonds is 2. The summed E-state index contributed by atoms with van der Waals surface area (Å²) in [6, 6.07) is 9.89. The fraction of sp³-hybridized carbons (Fsp3) is 0.429. The summed E-state index contributed by atoms with van der Waals surface area (Å²) >= 11 is 3.41. The third-order valence-corrected chi connectivity index (χ3v) is 3.67. The van der Waals surface area contributed by atoms with Crippen molar-refractivity contribution in [1.29, 1.82) is 5.26 Å². The van der Waals surface area contributed by atoms with Crippen LogP contribution in [0.1, 0.15) is 38.8 Å². The Morgan fingerprint density at radius 2 is 2.00 bits per heavy atom. The Morgan fingerprint density at radius 1 is 1.39 bits per heavy atom. The van der Waals surface area contributed by atoms with Crippen LogP contribution >= 0.6 is 15.9 Å².